The van der Waals surface area contributed by atoms with Crippen molar-refractivity contribution in [2.75, 3.05) is 18.9 Å². The minimum atomic E-state index is -0.924. The van der Waals surface area contributed by atoms with Gasteiger partial charge in [0.1, 0.15) is 17.4 Å². The van der Waals surface area contributed by atoms with Crippen LogP contribution in [-0.4, -0.2) is 63.2 Å². The molecule has 0 radical (unpaired) electrons. The molecule has 8 heteroatoms. The second-order valence-corrected chi connectivity index (χ2v) is 12.9. The van der Waals surface area contributed by atoms with Crippen LogP contribution in [0.15, 0.2) is 24.5 Å². The SMILES string of the molecule is CN1C(=O)[C@@]23CCCCN2C(O)[C@@]12C[C@@]1(C(=O)Nc4c1ccc1c4OC=CC(C)(C)O1)C(C)(C)[C@@H]2C3. The van der Waals surface area contributed by atoms with E-state index in [0.29, 0.717) is 36.6 Å². The Bertz CT molecular complexity index is 1260. The predicted molar refractivity (Wildman–Crippen MR) is 133 cm³/mol. The first-order valence-corrected chi connectivity index (χ1v) is 13.2. The molecule has 2 bridgehead atoms. The number of hydrogen-bond donors (Lipinski definition) is 2. The van der Waals surface area contributed by atoms with Crippen LogP contribution in [0.25, 0.3) is 0 Å². The van der Waals surface area contributed by atoms with Crippen LogP contribution in [0.1, 0.15) is 65.4 Å². The maximum absolute atomic E-state index is 14.2. The third kappa shape index (κ3) is 2.22. The smallest absolute Gasteiger partial charge is 0.243 e. The average molecular weight is 494 g/mol. The summed E-state index contributed by atoms with van der Waals surface area (Å²) < 4.78 is 12.2. The van der Waals surface area contributed by atoms with Gasteiger partial charge in [-0.1, -0.05) is 19.9 Å². The Balaban J connectivity index is 1.43. The molecule has 1 aliphatic carbocycles. The Kier molecular flexibility index (Phi) is 4.05. The van der Waals surface area contributed by atoms with E-state index in [2.05, 4.69) is 24.1 Å². The fourth-order valence-electron chi connectivity index (χ4n) is 8.97. The summed E-state index contributed by atoms with van der Waals surface area (Å²) >= 11 is 0. The number of carbonyl (C=O) groups is 2. The molecule has 5 fully saturated rings. The number of nitrogens with one attached hydrogen (secondary N) is 1. The Morgan fingerprint density at radius 2 is 1.92 bits per heavy atom. The highest BCUT2D eigenvalue weighted by molar-refractivity contribution is 6.09. The Hall–Kier alpha value is -2.58. The van der Waals surface area contributed by atoms with E-state index in [0.717, 1.165) is 24.8 Å². The molecule has 1 aromatic rings. The minimum absolute atomic E-state index is 0.0384. The van der Waals surface area contributed by atoms with Crippen molar-refractivity contribution in [2.45, 2.75) is 88.1 Å². The van der Waals surface area contributed by atoms with Crippen molar-refractivity contribution in [3.05, 3.63) is 30.0 Å². The lowest BCUT2D eigenvalue weighted by Gasteiger charge is -2.68. The number of likely N-dealkylation sites (N-methyl/N-ethyl adjacent to an activating group) is 1. The molecule has 4 saturated heterocycles. The topological polar surface area (TPSA) is 91.3 Å². The van der Waals surface area contributed by atoms with Crippen molar-refractivity contribution in [1.29, 1.82) is 0 Å². The molecule has 1 aromatic carbocycles. The first-order valence-electron chi connectivity index (χ1n) is 13.2. The second-order valence-electron chi connectivity index (χ2n) is 12.9. The van der Waals surface area contributed by atoms with Crippen LogP contribution in [-0.2, 0) is 15.0 Å². The largest absolute Gasteiger partial charge is 0.480 e. The summed E-state index contributed by atoms with van der Waals surface area (Å²) in [4.78, 5) is 31.9. The summed E-state index contributed by atoms with van der Waals surface area (Å²) in [5.41, 5.74) is -2.02. The van der Waals surface area contributed by atoms with Gasteiger partial charge in [0.25, 0.3) is 0 Å². The zero-order valence-electron chi connectivity index (χ0n) is 21.7. The summed E-state index contributed by atoms with van der Waals surface area (Å²) in [5, 5.41) is 15.1. The minimum Gasteiger partial charge on any atom is -0.480 e. The summed E-state index contributed by atoms with van der Waals surface area (Å²) in [7, 11) is 1.84. The van der Waals surface area contributed by atoms with Gasteiger partial charge in [-0.25, -0.2) is 0 Å². The zero-order chi connectivity index (χ0) is 25.5. The van der Waals surface area contributed by atoms with Crippen LogP contribution in [0.4, 0.5) is 5.69 Å². The molecule has 3 spiro atoms. The maximum atomic E-state index is 14.2. The van der Waals surface area contributed by atoms with Crippen LogP contribution in [0.2, 0.25) is 0 Å². The molecular formula is C28H35N3O5. The molecule has 8 nitrogen and oxygen atoms in total. The molecule has 2 amide bonds. The van der Waals surface area contributed by atoms with Gasteiger partial charge in [-0.2, -0.15) is 0 Å². The number of ether oxygens (including phenoxy) is 2. The number of nitrogens with zero attached hydrogens (tertiary/aromatic N) is 2. The molecule has 36 heavy (non-hydrogen) atoms. The van der Waals surface area contributed by atoms with E-state index < -0.39 is 33.7 Å². The quantitative estimate of drug-likeness (QED) is 0.577. The molecule has 6 heterocycles. The van der Waals surface area contributed by atoms with Crippen LogP contribution in [0.5, 0.6) is 11.5 Å². The van der Waals surface area contributed by atoms with Crippen LogP contribution in [0.3, 0.4) is 0 Å². The zero-order valence-corrected chi connectivity index (χ0v) is 21.7. The van der Waals surface area contributed by atoms with Crippen molar-refractivity contribution in [1.82, 2.24) is 9.80 Å². The summed E-state index contributed by atoms with van der Waals surface area (Å²) in [6.07, 6.45) is 6.41. The van der Waals surface area contributed by atoms with E-state index in [1.54, 1.807) is 6.26 Å². The highest BCUT2D eigenvalue weighted by Gasteiger charge is 2.81. The Morgan fingerprint density at radius 1 is 1.14 bits per heavy atom. The average Bonchev–Trinajstić information content (AvgIpc) is 3.15. The number of rotatable bonds is 0. The standard InChI is InChI=1S/C28H35N3O5/c1-24(2)11-13-35-20-17(36-24)9-8-16-19(20)29-21(32)27(16)15-28-18(25(27,3)4)14-26(22(33)30(28)5)10-6-7-12-31(26)23(28)34/h8-9,11,13,18,23,34H,6-7,10,12,14-15H2,1-5H3,(H,29,32)/t18-,23?,26-,27+,28-/m0/s1. The highest BCUT2D eigenvalue weighted by atomic mass is 16.5. The lowest BCUT2D eigenvalue weighted by atomic mass is 9.56. The number of hydrogen-bond acceptors (Lipinski definition) is 6. The van der Waals surface area contributed by atoms with Crippen molar-refractivity contribution >= 4 is 17.5 Å². The number of aliphatic hydroxyl groups is 1. The van der Waals surface area contributed by atoms with E-state index in [1.165, 1.54) is 0 Å². The van der Waals surface area contributed by atoms with Crippen molar-refractivity contribution in [3.63, 3.8) is 0 Å². The number of benzene rings is 1. The lowest BCUT2D eigenvalue weighted by molar-refractivity contribution is -0.257. The van der Waals surface area contributed by atoms with Crippen molar-refractivity contribution in [3.8, 4) is 11.5 Å². The predicted octanol–water partition coefficient (Wildman–Crippen LogP) is 3.14. The molecule has 1 saturated carbocycles. The monoisotopic (exact) mass is 493 g/mol. The molecule has 7 aliphatic rings. The first kappa shape index (κ1) is 22.6. The number of carbonyl (C=O) groups excluding carboxylic acids is 2. The molecule has 5 atom stereocenters. The lowest BCUT2D eigenvalue weighted by Crippen LogP contribution is -2.84. The first-order chi connectivity index (χ1) is 16.9. The van der Waals surface area contributed by atoms with Crippen LogP contribution < -0.4 is 14.8 Å². The van der Waals surface area contributed by atoms with Gasteiger partial charge in [-0.15, -0.1) is 0 Å². The third-order valence-electron chi connectivity index (χ3n) is 10.8. The van der Waals surface area contributed by atoms with Gasteiger partial charge in [0.2, 0.25) is 11.8 Å². The van der Waals surface area contributed by atoms with E-state index in [4.69, 9.17) is 9.47 Å². The molecule has 192 valence electrons. The third-order valence-corrected chi connectivity index (χ3v) is 10.8. The van der Waals surface area contributed by atoms with E-state index >= 15 is 0 Å². The molecule has 1 unspecified atom stereocenters. The molecule has 2 N–H and O–H groups in total. The summed E-state index contributed by atoms with van der Waals surface area (Å²) in [6.45, 7) is 8.94. The number of amides is 2. The van der Waals surface area contributed by atoms with E-state index in [-0.39, 0.29) is 17.7 Å². The number of piperidine rings is 3. The fourth-order valence-corrected chi connectivity index (χ4v) is 8.97. The van der Waals surface area contributed by atoms with E-state index in [1.807, 2.05) is 44.0 Å². The fraction of sp³-hybridized carbons (Fsp3) is 0.643. The molecular weight excluding hydrogens is 458 g/mol. The van der Waals surface area contributed by atoms with Crippen LogP contribution >= 0.6 is 0 Å². The number of fused-ring (bicyclic) bond motifs is 5. The van der Waals surface area contributed by atoms with Gasteiger partial charge in [0.05, 0.1) is 22.9 Å². The van der Waals surface area contributed by atoms with Gasteiger partial charge in [0.15, 0.2) is 11.5 Å². The van der Waals surface area contributed by atoms with E-state index in [9.17, 15) is 14.7 Å². The molecule has 6 aliphatic heterocycles. The Morgan fingerprint density at radius 3 is 2.69 bits per heavy atom. The normalized spacial score (nSPS) is 41.1. The molecule has 8 rings (SSSR count). The van der Waals surface area contributed by atoms with Gasteiger partial charge >= 0.3 is 0 Å². The van der Waals surface area contributed by atoms with Crippen molar-refractivity contribution < 1.29 is 24.2 Å². The van der Waals surface area contributed by atoms with Crippen LogP contribution in [0, 0.1) is 11.3 Å². The Labute approximate surface area is 211 Å². The van der Waals surface area contributed by atoms with Crippen molar-refractivity contribution in [2.24, 2.45) is 11.3 Å². The van der Waals surface area contributed by atoms with Gasteiger partial charge < -0.3 is 24.8 Å². The number of anilines is 1. The van der Waals surface area contributed by atoms with Gasteiger partial charge in [0, 0.05) is 13.6 Å². The van der Waals surface area contributed by atoms with Gasteiger partial charge in [-0.05, 0) is 75.0 Å². The van der Waals surface area contributed by atoms with Gasteiger partial charge in [-0.3, -0.25) is 14.5 Å². The second kappa shape index (κ2) is 6.45. The highest BCUT2D eigenvalue weighted by Crippen LogP contribution is 2.73. The maximum Gasteiger partial charge on any atom is 0.243 e. The summed E-state index contributed by atoms with van der Waals surface area (Å²) in [6, 6.07) is 3.88. The molecule has 0 aromatic heterocycles. The number of piperazine rings is 1. The summed E-state index contributed by atoms with van der Waals surface area (Å²) in [5.74, 6) is 1.05. The number of aliphatic hydroxyl groups excluding tert-OH is 1.